The van der Waals surface area contributed by atoms with Crippen LogP contribution in [0.15, 0.2) is 4.99 Å². The summed E-state index contributed by atoms with van der Waals surface area (Å²) < 4.78 is 0. The third-order valence-corrected chi connectivity index (χ3v) is 4.33. The van der Waals surface area contributed by atoms with Crippen LogP contribution in [0.4, 0.5) is 0 Å². The highest BCUT2D eigenvalue weighted by Crippen LogP contribution is 2.24. The molecule has 0 saturated carbocycles. The van der Waals surface area contributed by atoms with Crippen molar-refractivity contribution in [3.8, 4) is 0 Å². The lowest BCUT2D eigenvalue weighted by Crippen LogP contribution is -2.45. The lowest BCUT2D eigenvalue weighted by molar-refractivity contribution is 0.341. The van der Waals surface area contributed by atoms with Gasteiger partial charge in [-0.15, -0.1) is 0 Å². The molecule has 0 saturated heterocycles. The van der Waals surface area contributed by atoms with E-state index in [1.807, 2.05) is 11.8 Å². The molecule has 0 aliphatic carbocycles. The van der Waals surface area contributed by atoms with Crippen molar-refractivity contribution in [3.63, 3.8) is 0 Å². The van der Waals surface area contributed by atoms with Gasteiger partial charge in [0, 0.05) is 11.3 Å². The van der Waals surface area contributed by atoms with E-state index in [1.54, 1.807) is 0 Å². The Balaban J connectivity index is 2.60. The largest absolute Gasteiger partial charge is 0.360 e. The summed E-state index contributed by atoms with van der Waals surface area (Å²) in [6.45, 7) is 8.93. The van der Waals surface area contributed by atoms with E-state index in [0.717, 1.165) is 10.9 Å². The second-order valence-corrected chi connectivity index (χ2v) is 5.07. The van der Waals surface area contributed by atoms with Crippen molar-refractivity contribution < 1.29 is 0 Å². The monoisotopic (exact) mass is 214 g/mol. The van der Waals surface area contributed by atoms with Gasteiger partial charge in [-0.3, -0.25) is 4.99 Å². The van der Waals surface area contributed by atoms with Crippen molar-refractivity contribution in [1.82, 2.24) is 5.32 Å². The second kappa shape index (κ2) is 5.06. The highest BCUT2D eigenvalue weighted by Gasteiger charge is 2.26. The molecule has 1 unspecified atom stereocenters. The Bertz CT molecular complexity index is 201. The summed E-state index contributed by atoms with van der Waals surface area (Å²) in [5, 5.41) is 4.78. The molecule has 0 spiro atoms. The molecule has 0 radical (unpaired) electrons. The smallest absolute Gasteiger partial charge is 0.157 e. The maximum Gasteiger partial charge on any atom is 0.157 e. The van der Waals surface area contributed by atoms with Gasteiger partial charge < -0.3 is 5.32 Å². The fraction of sp³-hybridized carbons (Fsp3) is 0.909. The third kappa shape index (κ3) is 2.66. The molecule has 0 amide bonds. The van der Waals surface area contributed by atoms with Crippen LogP contribution in [0, 0.1) is 0 Å². The molecule has 2 nitrogen and oxygen atoms in total. The number of aliphatic imine (C=N–C) groups is 1. The predicted molar refractivity (Wildman–Crippen MR) is 66.1 cm³/mol. The minimum Gasteiger partial charge on any atom is -0.360 e. The van der Waals surface area contributed by atoms with E-state index in [2.05, 4.69) is 38.0 Å². The topological polar surface area (TPSA) is 24.4 Å². The van der Waals surface area contributed by atoms with E-state index in [1.165, 1.54) is 19.3 Å². The number of nitrogens with one attached hydrogen (secondary N) is 1. The van der Waals surface area contributed by atoms with E-state index < -0.39 is 0 Å². The minimum absolute atomic E-state index is 0.274. The highest BCUT2D eigenvalue weighted by molar-refractivity contribution is 8.14. The standard InChI is InChI=1S/C11H22N2S/c1-5-11(6-2,7-3)13-10-12-9(4)8-14-10/h9H,5-8H2,1-4H3,(H,12,13). The summed E-state index contributed by atoms with van der Waals surface area (Å²) in [6.07, 6.45) is 3.52. The van der Waals surface area contributed by atoms with Gasteiger partial charge in [0.05, 0.1) is 6.04 Å². The average Bonchev–Trinajstić information content (AvgIpc) is 2.61. The Morgan fingerprint density at radius 2 is 1.93 bits per heavy atom. The van der Waals surface area contributed by atoms with Crippen LogP contribution >= 0.6 is 11.8 Å². The summed E-state index contributed by atoms with van der Waals surface area (Å²) in [5.41, 5.74) is 0.274. The average molecular weight is 214 g/mol. The zero-order valence-electron chi connectivity index (χ0n) is 9.76. The maximum atomic E-state index is 4.59. The SMILES string of the molecule is CCC(CC)(CC)NC1=NC(C)CS1. The molecule has 1 rings (SSSR count). The fourth-order valence-corrected chi connectivity index (χ4v) is 2.80. The molecule has 0 bridgehead atoms. The summed E-state index contributed by atoms with van der Waals surface area (Å²) in [4.78, 5) is 4.59. The number of thioether (sulfide) groups is 1. The molecular weight excluding hydrogens is 192 g/mol. The number of amidine groups is 1. The zero-order valence-corrected chi connectivity index (χ0v) is 10.6. The summed E-state index contributed by atoms with van der Waals surface area (Å²) >= 11 is 1.86. The van der Waals surface area contributed by atoms with Crippen LogP contribution in [-0.4, -0.2) is 22.5 Å². The molecule has 82 valence electrons. The maximum absolute atomic E-state index is 4.59. The first-order valence-electron chi connectivity index (χ1n) is 5.64. The van der Waals surface area contributed by atoms with Crippen LogP contribution < -0.4 is 5.32 Å². The van der Waals surface area contributed by atoms with Crippen molar-refractivity contribution in [3.05, 3.63) is 0 Å². The van der Waals surface area contributed by atoms with Crippen LogP contribution in [0.2, 0.25) is 0 Å². The van der Waals surface area contributed by atoms with Gasteiger partial charge >= 0.3 is 0 Å². The van der Waals surface area contributed by atoms with Crippen molar-refractivity contribution >= 4 is 16.9 Å². The van der Waals surface area contributed by atoms with Crippen LogP contribution in [0.3, 0.4) is 0 Å². The molecule has 14 heavy (non-hydrogen) atoms. The van der Waals surface area contributed by atoms with E-state index in [0.29, 0.717) is 6.04 Å². The first-order valence-corrected chi connectivity index (χ1v) is 6.63. The molecule has 0 aromatic carbocycles. The Morgan fingerprint density at radius 3 is 2.29 bits per heavy atom. The van der Waals surface area contributed by atoms with E-state index in [-0.39, 0.29) is 5.54 Å². The van der Waals surface area contributed by atoms with Gasteiger partial charge in [-0.1, -0.05) is 32.5 Å². The van der Waals surface area contributed by atoms with E-state index in [9.17, 15) is 0 Å². The zero-order chi connectivity index (χ0) is 10.6. The number of hydrogen-bond acceptors (Lipinski definition) is 3. The summed E-state index contributed by atoms with van der Waals surface area (Å²) in [5.74, 6) is 1.13. The Labute approximate surface area is 92.0 Å². The van der Waals surface area contributed by atoms with Crippen LogP contribution in [0.1, 0.15) is 47.0 Å². The van der Waals surface area contributed by atoms with Gasteiger partial charge in [-0.05, 0) is 26.2 Å². The molecule has 0 fully saturated rings. The lowest BCUT2D eigenvalue weighted by Gasteiger charge is -2.32. The first kappa shape index (κ1) is 11.9. The molecule has 1 atom stereocenters. The predicted octanol–water partition coefficient (Wildman–Crippen LogP) is 3.04. The number of hydrogen-bond donors (Lipinski definition) is 1. The molecule has 0 aromatic heterocycles. The number of rotatable bonds is 4. The molecule has 1 aliphatic heterocycles. The molecule has 3 heteroatoms. The Kier molecular flexibility index (Phi) is 4.30. The Morgan fingerprint density at radius 1 is 1.36 bits per heavy atom. The van der Waals surface area contributed by atoms with Crippen molar-refractivity contribution in [2.75, 3.05) is 5.75 Å². The van der Waals surface area contributed by atoms with Gasteiger partial charge in [0.1, 0.15) is 0 Å². The van der Waals surface area contributed by atoms with Crippen LogP contribution in [0.5, 0.6) is 0 Å². The molecule has 1 heterocycles. The van der Waals surface area contributed by atoms with E-state index in [4.69, 9.17) is 0 Å². The molecule has 1 aliphatic rings. The van der Waals surface area contributed by atoms with Crippen LogP contribution in [-0.2, 0) is 0 Å². The van der Waals surface area contributed by atoms with Crippen LogP contribution in [0.25, 0.3) is 0 Å². The molecular formula is C11H22N2S. The van der Waals surface area contributed by atoms with Gasteiger partial charge in [0.2, 0.25) is 0 Å². The highest BCUT2D eigenvalue weighted by atomic mass is 32.2. The van der Waals surface area contributed by atoms with Gasteiger partial charge in [-0.25, -0.2) is 0 Å². The molecule has 0 aromatic rings. The van der Waals surface area contributed by atoms with E-state index >= 15 is 0 Å². The van der Waals surface area contributed by atoms with Gasteiger partial charge in [0.25, 0.3) is 0 Å². The van der Waals surface area contributed by atoms with Crippen molar-refractivity contribution in [2.24, 2.45) is 4.99 Å². The quantitative estimate of drug-likeness (QED) is 0.778. The Hall–Kier alpha value is -0.180. The van der Waals surface area contributed by atoms with Crippen molar-refractivity contribution in [2.45, 2.75) is 58.5 Å². The minimum atomic E-state index is 0.274. The van der Waals surface area contributed by atoms with Gasteiger partial charge in [-0.2, -0.15) is 0 Å². The second-order valence-electron chi connectivity index (χ2n) is 4.06. The number of nitrogens with zero attached hydrogens (tertiary/aromatic N) is 1. The lowest BCUT2D eigenvalue weighted by atomic mass is 9.90. The summed E-state index contributed by atoms with van der Waals surface area (Å²) in [6, 6.07) is 0.491. The molecule has 1 N–H and O–H groups in total. The van der Waals surface area contributed by atoms with Gasteiger partial charge in [0.15, 0.2) is 5.17 Å². The normalized spacial score (nSPS) is 22.3. The fourth-order valence-electron chi connectivity index (χ4n) is 1.78. The third-order valence-electron chi connectivity index (χ3n) is 3.20. The first-order chi connectivity index (χ1) is 6.65. The summed E-state index contributed by atoms with van der Waals surface area (Å²) in [7, 11) is 0. The van der Waals surface area contributed by atoms with Crippen molar-refractivity contribution in [1.29, 1.82) is 0 Å².